The van der Waals surface area contributed by atoms with Crippen molar-refractivity contribution in [3.8, 4) is 5.75 Å². The van der Waals surface area contributed by atoms with Crippen LogP contribution in [0.5, 0.6) is 5.75 Å². The van der Waals surface area contributed by atoms with E-state index in [2.05, 4.69) is 38.3 Å². The first-order valence-electron chi connectivity index (χ1n) is 7.36. The number of hydrogen-bond donors (Lipinski definition) is 0. The van der Waals surface area contributed by atoms with Gasteiger partial charge in [0, 0.05) is 22.3 Å². The van der Waals surface area contributed by atoms with E-state index < -0.39 is 0 Å². The lowest BCUT2D eigenvalue weighted by molar-refractivity contribution is 0.290. The van der Waals surface area contributed by atoms with Crippen molar-refractivity contribution in [2.75, 3.05) is 0 Å². The van der Waals surface area contributed by atoms with Gasteiger partial charge in [0.1, 0.15) is 12.4 Å². The van der Waals surface area contributed by atoms with Crippen LogP contribution in [0.3, 0.4) is 0 Å². The summed E-state index contributed by atoms with van der Waals surface area (Å²) in [4.78, 5) is 0. The highest BCUT2D eigenvalue weighted by atomic mass is 79.9. The van der Waals surface area contributed by atoms with Crippen LogP contribution in [0.25, 0.3) is 0 Å². The molecule has 0 atom stereocenters. The fourth-order valence-corrected chi connectivity index (χ4v) is 3.89. The van der Waals surface area contributed by atoms with Gasteiger partial charge in [-0.05, 0) is 35.9 Å². The Balaban J connectivity index is 1.62. The maximum absolute atomic E-state index is 6.11. The minimum absolute atomic E-state index is 0.280. The molecule has 1 heterocycles. The molecule has 0 aliphatic heterocycles. The third-order valence-electron chi connectivity index (χ3n) is 3.43. The molecule has 0 amide bonds. The van der Waals surface area contributed by atoms with Gasteiger partial charge < -0.3 is 9.30 Å². The third-order valence-corrected chi connectivity index (χ3v) is 5.55. The van der Waals surface area contributed by atoms with E-state index in [0.717, 1.165) is 21.2 Å². The predicted octanol–water partition coefficient (Wildman–Crippen LogP) is 5.76. The zero-order chi connectivity index (χ0) is 17.8. The highest BCUT2D eigenvalue weighted by Gasteiger charge is 2.11. The number of aromatic nitrogens is 3. The number of rotatable bonds is 6. The number of benzene rings is 2. The van der Waals surface area contributed by atoms with Gasteiger partial charge in [0.25, 0.3) is 0 Å². The van der Waals surface area contributed by atoms with Crippen LogP contribution in [0.1, 0.15) is 11.4 Å². The lowest BCUT2D eigenvalue weighted by Crippen LogP contribution is -2.04. The Morgan fingerprint density at radius 3 is 2.76 bits per heavy atom. The van der Waals surface area contributed by atoms with E-state index in [1.165, 1.54) is 5.56 Å². The molecule has 4 nitrogen and oxygen atoms in total. The molecule has 0 unspecified atom stereocenters. The van der Waals surface area contributed by atoms with E-state index in [4.69, 9.17) is 27.9 Å². The van der Waals surface area contributed by atoms with Crippen LogP contribution in [0, 0.1) is 0 Å². The van der Waals surface area contributed by atoms with Gasteiger partial charge in [0.2, 0.25) is 0 Å². The van der Waals surface area contributed by atoms with Crippen molar-refractivity contribution in [1.29, 1.82) is 0 Å². The van der Waals surface area contributed by atoms with Gasteiger partial charge in [-0.25, -0.2) is 0 Å². The van der Waals surface area contributed by atoms with Gasteiger partial charge in [-0.3, -0.25) is 0 Å². The molecule has 0 fully saturated rings. The number of hydrogen-bond acceptors (Lipinski definition) is 4. The molecule has 3 rings (SSSR count). The minimum atomic E-state index is 0.280. The van der Waals surface area contributed by atoms with Crippen molar-refractivity contribution in [3.63, 3.8) is 0 Å². The third kappa shape index (κ3) is 4.91. The number of ether oxygens (including phenoxy) is 1. The molecule has 0 N–H and O–H groups in total. The molecule has 0 aliphatic carbocycles. The largest absolute Gasteiger partial charge is 0.484 e. The highest BCUT2D eigenvalue weighted by molar-refractivity contribution is 9.10. The van der Waals surface area contributed by atoms with Crippen molar-refractivity contribution in [3.05, 3.63) is 68.4 Å². The number of halogens is 3. The summed E-state index contributed by atoms with van der Waals surface area (Å²) in [7, 11) is 1.92. The summed E-state index contributed by atoms with van der Waals surface area (Å²) in [6.45, 7) is 0.280. The van der Waals surface area contributed by atoms with Gasteiger partial charge in [0.05, 0.1) is 5.02 Å². The summed E-state index contributed by atoms with van der Waals surface area (Å²) in [6, 6.07) is 13.3. The summed E-state index contributed by atoms with van der Waals surface area (Å²) in [5, 5.41) is 10.3. The first-order chi connectivity index (χ1) is 12.0. The van der Waals surface area contributed by atoms with Crippen LogP contribution in [0.4, 0.5) is 0 Å². The Kier molecular flexibility index (Phi) is 6.28. The predicted molar refractivity (Wildman–Crippen MR) is 106 cm³/mol. The molecule has 2 aromatic carbocycles. The van der Waals surface area contributed by atoms with Crippen LogP contribution in [0.15, 0.2) is 52.1 Å². The van der Waals surface area contributed by atoms with E-state index in [1.54, 1.807) is 30.0 Å². The monoisotopic (exact) mass is 457 g/mol. The maximum Gasteiger partial charge on any atom is 0.191 e. The molecule has 8 heteroatoms. The zero-order valence-electron chi connectivity index (χ0n) is 13.2. The molecule has 0 radical (unpaired) electrons. The summed E-state index contributed by atoms with van der Waals surface area (Å²) < 4.78 is 8.71. The fourth-order valence-electron chi connectivity index (χ4n) is 2.11. The maximum atomic E-state index is 6.11. The zero-order valence-corrected chi connectivity index (χ0v) is 17.2. The minimum Gasteiger partial charge on any atom is -0.484 e. The van der Waals surface area contributed by atoms with Gasteiger partial charge in [-0.1, -0.05) is 63.0 Å². The van der Waals surface area contributed by atoms with E-state index in [-0.39, 0.29) is 6.61 Å². The molecular formula is C17H14BrCl2N3OS. The average molecular weight is 459 g/mol. The molecule has 3 aromatic rings. The molecule has 0 saturated heterocycles. The number of nitrogens with zero attached hydrogens (tertiary/aromatic N) is 3. The van der Waals surface area contributed by atoms with Crippen LogP contribution in [0.2, 0.25) is 10.0 Å². The second-order valence-electron chi connectivity index (χ2n) is 5.24. The first-order valence-corrected chi connectivity index (χ1v) is 9.90. The highest BCUT2D eigenvalue weighted by Crippen LogP contribution is 2.28. The Morgan fingerprint density at radius 1 is 1.16 bits per heavy atom. The van der Waals surface area contributed by atoms with Gasteiger partial charge in [-0.15, -0.1) is 10.2 Å². The summed E-state index contributed by atoms with van der Waals surface area (Å²) in [5.74, 6) is 2.11. The standard InChI is InChI=1S/C17H14BrCl2N3OS/c1-23-16(9-24-15-6-5-13(19)8-14(15)20)21-22-17(23)25-10-11-3-2-4-12(18)7-11/h2-8H,9-10H2,1H3. The molecule has 1 aromatic heterocycles. The van der Waals surface area contributed by atoms with Crippen molar-refractivity contribution in [2.24, 2.45) is 7.05 Å². The topological polar surface area (TPSA) is 39.9 Å². The van der Waals surface area contributed by atoms with E-state index in [1.807, 2.05) is 23.7 Å². The first kappa shape index (κ1) is 18.6. The molecule has 0 bridgehead atoms. The van der Waals surface area contributed by atoms with E-state index in [0.29, 0.717) is 15.8 Å². The van der Waals surface area contributed by atoms with Gasteiger partial charge in [-0.2, -0.15) is 0 Å². The van der Waals surface area contributed by atoms with Gasteiger partial charge >= 0.3 is 0 Å². The smallest absolute Gasteiger partial charge is 0.191 e. The Morgan fingerprint density at radius 2 is 2.00 bits per heavy atom. The summed E-state index contributed by atoms with van der Waals surface area (Å²) in [5.41, 5.74) is 1.22. The normalized spacial score (nSPS) is 10.9. The summed E-state index contributed by atoms with van der Waals surface area (Å²) >= 11 is 17.1. The number of thioether (sulfide) groups is 1. The molecule has 25 heavy (non-hydrogen) atoms. The van der Waals surface area contributed by atoms with Crippen molar-refractivity contribution in [1.82, 2.24) is 14.8 Å². The van der Waals surface area contributed by atoms with Crippen LogP contribution in [-0.2, 0) is 19.4 Å². The SMILES string of the molecule is Cn1c(COc2ccc(Cl)cc2Cl)nnc1SCc1cccc(Br)c1. The second-order valence-corrected chi connectivity index (χ2v) is 7.94. The Bertz CT molecular complexity index is 888. The fraction of sp³-hybridized carbons (Fsp3) is 0.176. The lowest BCUT2D eigenvalue weighted by Gasteiger charge is -2.08. The quantitative estimate of drug-likeness (QED) is 0.440. The second kappa shape index (κ2) is 8.45. The molecular weight excluding hydrogens is 445 g/mol. The molecule has 0 aliphatic rings. The van der Waals surface area contributed by atoms with Crippen LogP contribution < -0.4 is 4.74 Å². The Hall–Kier alpha value is -1.21. The van der Waals surface area contributed by atoms with Crippen molar-refractivity contribution < 1.29 is 4.74 Å². The van der Waals surface area contributed by atoms with E-state index in [9.17, 15) is 0 Å². The average Bonchev–Trinajstić information content (AvgIpc) is 2.92. The lowest BCUT2D eigenvalue weighted by atomic mass is 10.2. The summed E-state index contributed by atoms with van der Waals surface area (Å²) in [6.07, 6.45) is 0. The van der Waals surface area contributed by atoms with Gasteiger partial charge in [0.15, 0.2) is 11.0 Å². The van der Waals surface area contributed by atoms with Crippen LogP contribution >= 0.6 is 50.9 Å². The van der Waals surface area contributed by atoms with Crippen LogP contribution in [-0.4, -0.2) is 14.8 Å². The van der Waals surface area contributed by atoms with Crippen molar-refractivity contribution in [2.45, 2.75) is 17.5 Å². The Labute approximate surface area is 168 Å². The van der Waals surface area contributed by atoms with Crippen molar-refractivity contribution >= 4 is 50.9 Å². The molecule has 0 spiro atoms. The molecule has 0 saturated carbocycles. The van der Waals surface area contributed by atoms with E-state index >= 15 is 0 Å². The molecule has 130 valence electrons.